The van der Waals surface area contributed by atoms with Gasteiger partial charge in [0, 0.05) is 11.5 Å². The zero-order valence-corrected chi connectivity index (χ0v) is 12.6. The SMILES string of the molecule is CNC(C=C(C)C)C1(c2ccccc2)CCCCC1. The van der Waals surface area contributed by atoms with E-state index in [1.54, 1.807) is 0 Å². The number of likely N-dealkylation sites (N-methyl/N-ethyl adjacent to an activating group) is 1. The van der Waals surface area contributed by atoms with E-state index in [4.69, 9.17) is 0 Å². The Morgan fingerprint density at radius 2 is 1.74 bits per heavy atom. The van der Waals surface area contributed by atoms with E-state index >= 15 is 0 Å². The molecule has 1 saturated carbocycles. The van der Waals surface area contributed by atoms with Crippen LogP contribution in [0.3, 0.4) is 0 Å². The largest absolute Gasteiger partial charge is 0.313 e. The van der Waals surface area contributed by atoms with Gasteiger partial charge in [0.15, 0.2) is 0 Å². The van der Waals surface area contributed by atoms with E-state index in [1.807, 2.05) is 0 Å². The van der Waals surface area contributed by atoms with Crippen molar-refractivity contribution in [2.75, 3.05) is 7.05 Å². The summed E-state index contributed by atoms with van der Waals surface area (Å²) in [5, 5.41) is 3.57. The number of nitrogens with one attached hydrogen (secondary N) is 1. The van der Waals surface area contributed by atoms with E-state index in [0.29, 0.717) is 6.04 Å². The Morgan fingerprint density at radius 1 is 1.11 bits per heavy atom. The Morgan fingerprint density at radius 3 is 2.26 bits per heavy atom. The van der Waals surface area contributed by atoms with Crippen molar-refractivity contribution < 1.29 is 0 Å². The molecule has 1 nitrogen and oxygen atoms in total. The van der Waals surface area contributed by atoms with Gasteiger partial charge >= 0.3 is 0 Å². The lowest BCUT2D eigenvalue weighted by molar-refractivity contribution is 0.247. The highest BCUT2D eigenvalue weighted by Gasteiger charge is 2.39. The highest BCUT2D eigenvalue weighted by molar-refractivity contribution is 5.31. The van der Waals surface area contributed by atoms with E-state index in [-0.39, 0.29) is 5.41 Å². The number of benzene rings is 1. The van der Waals surface area contributed by atoms with Crippen LogP contribution in [-0.4, -0.2) is 13.1 Å². The van der Waals surface area contributed by atoms with Crippen LogP contribution in [0, 0.1) is 0 Å². The quantitative estimate of drug-likeness (QED) is 0.786. The van der Waals surface area contributed by atoms with E-state index in [9.17, 15) is 0 Å². The summed E-state index contributed by atoms with van der Waals surface area (Å²) in [7, 11) is 2.10. The third kappa shape index (κ3) is 3.09. The maximum Gasteiger partial charge on any atom is 0.0347 e. The van der Waals surface area contributed by atoms with Gasteiger partial charge < -0.3 is 5.32 Å². The van der Waals surface area contributed by atoms with Crippen molar-refractivity contribution in [1.82, 2.24) is 5.32 Å². The highest BCUT2D eigenvalue weighted by atomic mass is 14.9. The Kier molecular flexibility index (Phi) is 4.81. The number of hydrogen-bond donors (Lipinski definition) is 1. The second-order valence-corrected chi connectivity index (χ2v) is 6.09. The van der Waals surface area contributed by atoms with Crippen LogP contribution in [0.25, 0.3) is 0 Å². The van der Waals surface area contributed by atoms with Crippen LogP contribution in [0.5, 0.6) is 0 Å². The summed E-state index contributed by atoms with van der Waals surface area (Å²) in [5.74, 6) is 0. The third-order valence-electron chi connectivity index (χ3n) is 4.50. The van der Waals surface area contributed by atoms with Crippen LogP contribution in [0.15, 0.2) is 42.0 Å². The van der Waals surface area contributed by atoms with Crippen molar-refractivity contribution in [2.45, 2.75) is 57.4 Å². The van der Waals surface area contributed by atoms with Gasteiger partial charge in [-0.3, -0.25) is 0 Å². The van der Waals surface area contributed by atoms with E-state index in [1.165, 1.54) is 43.2 Å². The molecule has 0 saturated heterocycles. The molecule has 0 spiro atoms. The average molecular weight is 257 g/mol. The van der Waals surface area contributed by atoms with Crippen molar-refractivity contribution >= 4 is 0 Å². The zero-order valence-electron chi connectivity index (χ0n) is 12.6. The number of hydrogen-bond acceptors (Lipinski definition) is 1. The molecule has 0 amide bonds. The smallest absolute Gasteiger partial charge is 0.0347 e. The van der Waals surface area contributed by atoms with E-state index in [2.05, 4.69) is 62.6 Å². The third-order valence-corrected chi connectivity index (χ3v) is 4.50. The Labute approximate surface area is 118 Å². The van der Waals surface area contributed by atoms with Gasteiger partial charge in [0.05, 0.1) is 0 Å². The summed E-state index contributed by atoms with van der Waals surface area (Å²) in [5.41, 5.74) is 3.19. The van der Waals surface area contributed by atoms with Crippen LogP contribution >= 0.6 is 0 Å². The fourth-order valence-electron chi connectivity index (χ4n) is 3.58. The van der Waals surface area contributed by atoms with Gasteiger partial charge in [0.1, 0.15) is 0 Å². The molecule has 1 aliphatic carbocycles. The lowest BCUT2D eigenvalue weighted by Crippen LogP contribution is -2.47. The van der Waals surface area contributed by atoms with Crippen molar-refractivity contribution in [2.24, 2.45) is 0 Å². The van der Waals surface area contributed by atoms with Gasteiger partial charge in [-0.1, -0.05) is 61.2 Å². The molecule has 1 atom stereocenters. The van der Waals surface area contributed by atoms with Gasteiger partial charge in [0.2, 0.25) is 0 Å². The first-order chi connectivity index (χ1) is 9.19. The standard InChI is InChI=1S/C18H27N/c1-15(2)14-17(19-3)18(12-8-5-9-13-18)16-10-6-4-7-11-16/h4,6-7,10-11,14,17,19H,5,8-9,12-13H2,1-3H3. The molecular formula is C18H27N. The Bertz CT molecular complexity index is 409. The fraction of sp³-hybridized carbons (Fsp3) is 0.556. The lowest BCUT2D eigenvalue weighted by atomic mass is 9.64. The molecule has 1 fully saturated rings. The molecule has 1 aromatic carbocycles. The summed E-state index contributed by atoms with van der Waals surface area (Å²) in [6.07, 6.45) is 9.10. The second-order valence-electron chi connectivity index (χ2n) is 6.09. The average Bonchev–Trinajstić information content (AvgIpc) is 2.46. The molecule has 2 rings (SSSR count). The van der Waals surface area contributed by atoms with Crippen LogP contribution < -0.4 is 5.32 Å². The molecular weight excluding hydrogens is 230 g/mol. The monoisotopic (exact) mass is 257 g/mol. The molecule has 19 heavy (non-hydrogen) atoms. The molecule has 0 radical (unpaired) electrons. The first-order valence-electron chi connectivity index (χ1n) is 7.57. The van der Waals surface area contributed by atoms with Gasteiger partial charge in [-0.05, 0) is 39.3 Å². The molecule has 1 unspecified atom stereocenters. The number of rotatable bonds is 4. The molecule has 1 aliphatic rings. The minimum absolute atomic E-state index is 0.283. The Balaban J connectivity index is 2.42. The van der Waals surface area contributed by atoms with Crippen molar-refractivity contribution in [3.05, 3.63) is 47.5 Å². The molecule has 1 heteroatoms. The second kappa shape index (κ2) is 6.38. The highest BCUT2D eigenvalue weighted by Crippen LogP contribution is 2.42. The lowest BCUT2D eigenvalue weighted by Gasteiger charge is -2.43. The van der Waals surface area contributed by atoms with Crippen molar-refractivity contribution in [1.29, 1.82) is 0 Å². The van der Waals surface area contributed by atoms with Crippen LogP contribution in [0.4, 0.5) is 0 Å². The maximum atomic E-state index is 3.57. The predicted octanol–water partition coefficient (Wildman–Crippen LogP) is 4.44. The molecule has 104 valence electrons. The predicted molar refractivity (Wildman–Crippen MR) is 83.5 cm³/mol. The normalized spacial score (nSPS) is 19.7. The molecule has 0 aliphatic heterocycles. The molecule has 0 aromatic heterocycles. The number of allylic oxidation sites excluding steroid dienone is 1. The van der Waals surface area contributed by atoms with Gasteiger partial charge in [-0.15, -0.1) is 0 Å². The van der Waals surface area contributed by atoms with Crippen molar-refractivity contribution in [3.63, 3.8) is 0 Å². The van der Waals surface area contributed by atoms with E-state index < -0.39 is 0 Å². The Hall–Kier alpha value is -1.08. The summed E-state index contributed by atoms with van der Waals surface area (Å²) in [4.78, 5) is 0. The summed E-state index contributed by atoms with van der Waals surface area (Å²) in [6, 6.07) is 11.6. The fourth-order valence-corrected chi connectivity index (χ4v) is 3.58. The summed E-state index contributed by atoms with van der Waals surface area (Å²) >= 11 is 0. The summed E-state index contributed by atoms with van der Waals surface area (Å²) in [6.45, 7) is 4.40. The molecule has 1 N–H and O–H groups in total. The molecule has 1 aromatic rings. The summed E-state index contributed by atoms with van der Waals surface area (Å²) < 4.78 is 0. The van der Waals surface area contributed by atoms with E-state index in [0.717, 1.165) is 0 Å². The first-order valence-corrected chi connectivity index (χ1v) is 7.57. The topological polar surface area (TPSA) is 12.0 Å². The van der Waals surface area contributed by atoms with Gasteiger partial charge in [0.25, 0.3) is 0 Å². The minimum Gasteiger partial charge on any atom is -0.313 e. The first kappa shape index (κ1) is 14.3. The zero-order chi connectivity index (χ0) is 13.7. The van der Waals surface area contributed by atoms with Crippen molar-refractivity contribution in [3.8, 4) is 0 Å². The van der Waals surface area contributed by atoms with Gasteiger partial charge in [-0.25, -0.2) is 0 Å². The van der Waals surface area contributed by atoms with Crippen LogP contribution in [0.2, 0.25) is 0 Å². The molecule has 0 bridgehead atoms. The van der Waals surface area contributed by atoms with Gasteiger partial charge in [-0.2, -0.15) is 0 Å². The van der Waals surface area contributed by atoms with Crippen LogP contribution in [0.1, 0.15) is 51.5 Å². The maximum absolute atomic E-state index is 3.57. The molecule has 0 heterocycles. The minimum atomic E-state index is 0.283. The van der Waals surface area contributed by atoms with Crippen LogP contribution in [-0.2, 0) is 5.41 Å².